The summed E-state index contributed by atoms with van der Waals surface area (Å²) in [6.07, 6.45) is 1.72. The van der Waals surface area contributed by atoms with Crippen LogP contribution in [0.25, 0.3) is 0 Å². The number of rotatable bonds is 3. The van der Waals surface area contributed by atoms with Crippen LogP contribution in [0.4, 0.5) is 4.39 Å². The average Bonchev–Trinajstić information content (AvgIpc) is 2.18. The molecular formula is C11H17ClFN. The molecule has 0 unspecified atom stereocenters. The third-order valence-electron chi connectivity index (χ3n) is 2.34. The SMILES string of the molecule is CCc1cc(CC)c(F)c(C[NH3+])c1.[Cl-]. The van der Waals surface area contributed by atoms with E-state index in [1.54, 1.807) is 0 Å². The summed E-state index contributed by atoms with van der Waals surface area (Å²) in [7, 11) is 0. The first-order chi connectivity index (χ1) is 6.22. The van der Waals surface area contributed by atoms with E-state index >= 15 is 0 Å². The molecule has 0 spiro atoms. The van der Waals surface area contributed by atoms with Gasteiger partial charge in [0.15, 0.2) is 0 Å². The van der Waals surface area contributed by atoms with Crippen LogP contribution in [0.5, 0.6) is 0 Å². The lowest BCUT2D eigenvalue weighted by molar-refractivity contribution is -0.387. The van der Waals surface area contributed by atoms with Crippen LogP contribution in [0.2, 0.25) is 0 Å². The zero-order valence-corrected chi connectivity index (χ0v) is 9.49. The summed E-state index contributed by atoms with van der Waals surface area (Å²) in [5.41, 5.74) is 6.50. The van der Waals surface area contributed by atoms with Gasteiger partial charge in [0.2, 0.25) is 0 Å². The van der Waals surface area contributed by atoms with Crippen molar-refractivity contribution in [1.82, 2.24) is 0 Å². The maximum atomic E-state index is 13.5. The third kappa shape index (κ3) is 2.69. The van der Waals surface area contributed by atoms with Crippen molar-refractivity contribution in [3.8, 4) is 0 Å². The van der Waals surface area contributed by atoms with Gasteiger partial charge < -0.3 is 18.1 Å². The maximum Gasteiger partial charge on any atom is 0.135 e. The quantitative estimate of drug-likeness (QED) is 0.652. The molecule has 1 aromatic carbocycles. The van der Waals surface area contributed by atoms with E-state index in [9.17, 15) is 4.39 Å². The van der Waals surface area contributed by atoms with E-state index in [0.717, 1.165) is 24.0 Å². The molecule has 1 aromatic rings. The van der Waals surface area contributed by atoms with E-state index < -0.39 is 0 Å². The molecule has 0 amide bonds. The Labute approximate surface area is 90.9 Å². The van der Waals surface area contributed by atoms with Crippen molar-refractivity contribution in [3.05, 3.63) is 34.6 Å². The molecule has 0 fully saturated rings. The second-order valence-electron chi connectivity index (χ2n) is 3.19. The molecular weight excluding hydrogens is 201 g/mol. The van der Waals surface area contributed by atoms with Crippen molar-refractivity contribution in [2.45, 2.75) is 33.2 Å². The van der Waals surface area contributed by atoms with E-state index in [1.807, 2.05) is 19.1 Å². The molecule has 0 aromatic heterocycles. The summed E-state index contributed by atoms with van der Waals surface area (Å²) in [5, 5.41) is 0. The minimum Gasteiger partial charge on any atom is -1.00 e. The molecule has 1 nitrogen and oxygen atoms in total. The molecule has 0 aliphatic carbocycles. The van der Waals surface area contributed by atoms with E-state index in [0.29, 0.717) is 6.54 Å². The van der Waals surface area contributed by atoms with Gasteiger partial charge in [0.25, 0.3) is 0 Å². The highest BCUT2D eigenvalue weighted by Gasteiger charge is 2.08. The van der Waals surface area contributed by atoms with Crippen LogP contribution in [0, 0.1) is 5.82 Å². The maximum absolute atomic E-state index is 13.5. The number of benzene rings is 1. The van der Waals surface area contributed by atoms with Crippen LogP contribution in [0.3, 0.4) is 0 Å². The van der Waals surface area contributed by atoms with Crippen LogP contribution >= 0.6 is 0 Å². The van der Waals surface area contributed by atoms with Gasteiger partial charge in [-0.3, -0.25) is 0 Å². The van der Waals surface area contributed by atoms with Gasteiger partial charge >= 0.3 is 0 Å². The van der Waals surface area contributed by atoms with Gasteiger partial charge in [-0.2, -0.15) is 0 Å². The minimum atomic E-state index is -0.0605. The summed E-state index contributed by atoms with van der Waals surface area (Å²) in [5.74, 6) is -0.0605. The van der Waals surface area contributed by atoms with E-state index in [1.165, 1.54) is 5.56 Å². The number of halogens is 2. The number of hydrogen-bond donors (Lipinski definition) is 1. The van der Waals surface area contributed by atoms with Gasteiger partial charge in [-0.15, -0.1) is 0 Å². The highest BCUT2D eigenvalue weighted by molar-refractivity contribution is 5.31. The first kappa shape index (κ1) is 13.4. The largest absolute Gasteiger partial charge is 1.00 e. The Morgan fingerprint density at radius 2 is 1.71 bits per heavy atom. The molecule has 0 saturated heterocycles. The molecule has 80 valence electrons. The molecule has 0 aliphatic heterocycles. The van der Waals surface area contributed by atoms with Crippen molar-refractivity contribution in [2.75, 3.05) is 0 Å². The summed E-state index contributed by atoms with van der Waals surface area (Å²) in [6, 6.07) is 3.87. The Morgan fingerprint density at radius 1 is 1.14 bits per heavy atom. The van der Waals surface area contributed by atoms with Gasteiger partial charge in [0.05, 0.1) is 0 Å². The molecule has 0 bridgehead atoms. The van der Waals surface area contributed by atoms with Crippen LogP contribution < -0.4 is 18.1 Å². The number of hydrogen-bond acceptors (Lipinski definition) is 0. The monoisotopic (exact) mass is 217 g/mol. The van der Waals surface area contributed by atoms with Crippen molar-refractivity contribution in [3.63, 3.8) is 0 Å². The van der Waals surface area contributed by atoms with E-state index in [-0.39, 0.29) is 18.2 Å². The zero-order chi connectivity index (χ0) is 9.84. The van der Waals surface area contributed by atoms with Crippen molar-refractivity contribution < 1.29 is 22.5 Å². The smallest absolute Gasteiger partial charge is 0.135 e. The Bertz CT molecular complexity index is 274. The summed E-state index contributed by atoms with van der Waals surface area (Å²) < 4.78 is 13.5. The van der Waals surface area contributed by atoms with Gasteiger partial charge in [-0.05, 0) is 30.0 Å². The first-order valence-electron chi connectivity index (χ1n) is 4.82. The minimum absolute atomic E-state index is 0. The van der Waals surface area contributed by atoms with Gasteiger partial charge in [-0.1, -0.05) is 19.9 Å². The summed E-state index contributed by atoms with van der Waals surface area (Å²) in [6.45, 7) is 4.59. The molecule has 3 N–H and O–H groups in total. The van der Waals surface area contributed by atoms with Gasteiger partial charge in [0, 0.05) is 5.56 Å². The summed E-state index contributed by atoms with van der Waals surface area (Å²) >= 11 is 0. The molecule has 0 saturated carbocycles. The summed E-state index contributed by atoms with van der Waals surface area (Å²) in [4.78, 5) is 0. The lowest BCUT2D eigenvalue weighted by Crippen LogP contribution is -3.00. The number of aryl methyl sites for hydroxylation is 2. The molecule has 0 aliphatic rings. The topological polar surface area (TPSA) is 27.6 Å². The standard InChI is InChI=1S/C11H16FN.ClH/c1-3-8-5-9(4-2)11(12)10(6-8)7-13;/h5-6H,3-4,7,13H2,1-2H3;1H. The normalized spacial score (nSPS) is 9.71. The zero-order valence-electron chi connectivity index (χ0n) is 8.74. The highest BCUT2D eigenvalue weighted by Crippen LogP contribution is 2.16. The Kier molecular flexibility index (Phi) is 5.73. The predicted octanol–water partition coefficient (Wildman–Crippen LogP) is -1.30. The Hall–Kier alpha value is -0.600. The molecule has 0 heterocycles. The van der Waals surface area contributed by atoms with Gasteiger partial charge in [-0.25, -0.2) is 4.39 Å². The lowest BCUT2D eigenvalue weighted by atomic mass is 10.0. The van der Waals surface area contributed by atoms with Crippen molar-refractivity contribution >= 4 is 0 Å². The number of quaternary nitrogens is 1. The first-order valence-corrected chi connectivity index (χ1v) is 4.82. The van der Waals surface area contributed by atoms with E-state index in [2.05, 4.69) is 12.7 Å². The van der Waals surface area contributed by atoms with Crippen molar-refractivity contribution in [2.24, 2.45) is 0 Å². The molecule has 1 rings (SSSR count). The molecule has 0 atom stereocenters. The molecule has 3 heteroatoms. The second-order valence-corrected chi connectivity index (χ2v) is 3.19. The Morgan fingerprint density at radius 3 is 2.14 bits per heavy atom. The Balaban J connectivity index is 0.00000169. The second kappa shape index (κ2) is 5.99. The van der Waals surface area contributed by atoms with Crippen molar-refractivity contribution in [1.29, 1.82) is 0 Å². The molecule has 0 radical (unpaired) electrons. The molecule has 14 heavy (non-hydrogen) atoms. The fourth-order valence-electron chi connectivity index (χ4n) is 1.47. The van der Waals surface area contributed by atoms with Crippen LogP contribution in [-0.2, 0) is 19.4 Å². The van der Waals surface area contributed by atoms with Gasteiger partial charge in [0.1, 0.15) is 12.4 Å². The van der Waals surface area contributed by atoms with Crippen LogP contribution in [-0.4, -0.2) is 0 Å². The fraction of sp³-hybridized carbons (Fsp3) is 0.455. The fourth-order valence-corrected chi connectivity index (χ4v) is 1.47. The van der Waals surface area contributed by atoms with Crippen LogP contribution in [0.1, 0.15) is 30.5 Å². The third-order valence-corrected chi connectivity index (χ3v) is 2.34. The lowest BCUT2D eigenvalue weighted by Gasteiger charge is -2.07. The average molecular weight is 218 g/mol. The van der Waals surface area contributed by atoms with Crippen LogP contribution in [0.15, 0.2) is 12.1 Å². The predicted molar refractivity (Wildman–Crippen MR) is 51.7 cm³/mol. The highest BCUT2D eigenvalue weighted by atomic mass is 35.5. The van der Waals surface area contributed by atoms with E-state index in [4.69, 9.17) is 0 Å².